The molecule has 1 heterocycles. The van der Waals surface area contributed by atoms with Crippen molar-refractivity contribution in [3.8, 4) is 0 Å². The van der Waals surface area contributed by atoms with E-state index in [1.54, 1.807) is 0 Å². The van der Waals surface area contributed by atoms with Crippen LogP contribution in [0.15, 0.2) is 16.3 Å². The summed E-state index contributed by atoms with van der Waals surface area (Å²) < 4.78 is 26.5. The molecule has 8 heteroatoms. The molecular weight excluding hydrogens is 302 g/mol. The van der Waals surface area contributed by atoms with Crippen LogP contribution in [0.3, 0.4) is 0 Å². The van der Waals surface area contributed by atoms with E-state index in [4.69, 9.17) is 10.2 Å². The average molecular weight is 319 g/mol. The molecule has 0 amide bonds. The summed E-state index contributed by atoms with van der Waals surface area (Å²) in [5.74, 6) is -1.12. The molecule has 1 aliphatic carbocycles. The Labute approximate surface area is 121 Å². The smallest absolute Gasteiger partial charge is 0.345 e. The Morgan fingerprint density at radius 1 is 1.45 bits per heavy atom. The summed E-state index contributed by atoms with van der Waals surface area (Å²) in [5, 5.41) is 19.1. The number of thiophene rings is 1. The maximum absolute atomic E-state index is 12.6. The van der Waals surface area contributed by atoms with E-state index in [9.17, 15) is 13.2 Å². The van der Waals surface area contributed by atoms with Gasteiger partial charge >= 0.3 is 5.97 Å². The van der Waals surface area contributed by atoms with Crippen molar-refractivity contribution in [1.82, 2.24) is 4.31 Å². The Kier molecular flexibility index (Phi) is 4.79. The molecule has 20 heavy (non-hydrogen) atoms. The zero-order valence-corrected chi connectivity index (χ0v) is 12.5. The van der Waals surface area contributed by atoms with Crippen LogP contribution in [-0.2, 0) is 10.0 Å². The minimum Gasteiger partial charge on any atom is -0.477 e. The summed E-state index contributed by atoms with van der Waals surface area (Å²) >= 11 is 0.908. The first-order valence-corrected chi connectivity index (χ1v) is 8.73. The first kappa shape index (κ1) is 15.4. The number of aliphatic hydroxyl groups excluding tert-OH is 1. The van der Waals surface area contributed by atoms with E-state index in [1.165, 1.54) is 15.8 Å². The number of nitrogens with zero attached hydrogens (tertiary/aromatic N) is 1. The fourth-order valence-electron chi connectivity index (χ4n) is 2.10. The van der Waals surface area contributed by atoms with Gasteiger partial charge in [0.15, 0.2) is 0 Å². The lowest BCUT2D eigenvalue weighted by atomic mass is 9.93. The fraction of sp³-hybridized carbons (Fsp3) is 0.583. The van der Waals surface area contributed by atoms with Crippen molar-refractivity contribution in [2.75, 3.05) is 13.2 Å². The summed E-state index contributed by atoms with van der Waals surface area (Å²) in [6.07, 6.45) is 3.02. The van der Waals surface area contributed by atoms with Gasteiger partial charge in [0, 0.05) is 24.6 Å². The molecule has 112 valence electrons. The predicted molar refractivity (Wildman–Crippen MR) is 74.5 cm³/mol. The average Bonchev–Trinajstić information content (AvgIpc) is 2.81. The van der Waals surface area contributed by atoms with Crippen LogP contribution < -0.4 is 0 Å². The van der Waals surface area contributed by atoms with Gasteiger partial charge in [0.1, 0.15) is 4.88 Å². The Morgan fingerprint density at radius 3 is 2.60 bits per heavy atom. The summed E-state index contributed by atoms with van der Waals surface area (Å²) in [4.78, 5) is 10.9. The van der Waals surface area contributed by atoms with Crippen molar-refractivity contribution in [1.29, 1.82) is 0 Å². The van der Waals surface area contributed by atoms with E-state index in [2.05, 4.69) is 0 Å². The largest absolute Gasteiger partial charge is 0.477 e. The molecule has 0 saturated heterocycles. The molecule has 6 nitrogen and oxygen atoms in total. The number of sulfonamides is 1. The quantitative estimate of drug-likeness (QED) is 0.791. The number of hydrogen-bond donors (Lipinski definition) is 2. The summed E-state index contributed by atoms with van der Waals surface area (Å²) in [5.41, 5.74) is 0. The van der Waals surface area contributed by atoms with Gasteiger partial charge in [0.25, 0.3) is 0 Å². The number of rotatable bonds is 7. The summed E-state index contributed by atoms with van der Waals surface area (Å²) in [6.45, 7) is 0.199. The molecule has 1 aromatic heterocycles. The molecule has 1 aliphatic rings. The van der Waals surface area contributed by atoms with Gasteiger partial charge in [-0.1, -0.05) is 6.42 Å². The van der Waals surface area contributed by atoms with E-state index in [-0.39, 0.29) is 29.0 Å². The van der Waals surface area contributed by atoms with Gasteiger partial charge < -0.3 is 10.2 Å². The Hall–Kier alpha value is -0.960. The lowest BCUT2D eigenvalue weighted by Gasteiger charge is -2.36. The maximum Gasteiger partial charge on any atom is 0.345 e. The van der Waals surface area contributed by atoms with Crippen LogP contribution in [-0.4, -0.2) is 48.1 Å². The molecule has 0 aliphatic heterocycles. The minimum absolute atomic E-state index is 0.0132. The summed E-state index contributed by atoms with van der Waals surface area (Å²) in [7, 11) is -3.68. The SMILES string of the molecule is O=C(O)c1cc(S(=O)(=O)N(CCCO)C2CCC2)cs1. The lowest BCUT2D eigenvalue weighted by molar-refractivity contribution is 0.0702. The first-order chi connectivity index (χ1) is 9.46. The zero-order valence-electron chi connectivity index (χ0n) is 10.9. The van der Waals surface area contributed by atoms with E-state index in [1.807, 2.05) is 0 Å². The standard InChI is InChI=1S/C12H17NO5S2/c14-6-2-5-13(9-3-1-4-9)20(17,18)10-7-11(12(15)16)19-8-10/h7-9,14H,1-6H2,(H,15,16). The normalized spacial score (nSPS) is 16.3. The van der Waals surface area contributed by atoms with Crippen LogP contribution in [0.4, 0.5) is 0 Å². The van der Waals surface area contributed by atoms with Crippen molar-refractivity contribution >= 4 is 27.3 Å². The zero-order chi connectivity index (χ0) is 14.8. The highest BCUT2D eigenvalue weighted by molar-refractivity contribution is 7.89. The highest BCUT2D eigenvalue weighted by atomic mass is 32.2. The van der Waals surface area contributed by atoms with Crippen LogP contribution >= 0.6 is 11.3 Å². The topological polar surface area (TPSA) is 94.9 Å². The second-order valence-electron chi connectivity index (χ2n) is 4.73. The molecule has 0 bridgehead atoms. The molecule has 1 aromatic rings. The second kappa shape index (κ2) is 6.21. The molecule has 0 aromatic carbocycles. The second-order valence-corrected chi connectivity index (χ2v) is 7.53. The third kappa shape index (κ3) is 3.03. The monoisotopic (exact) mass is 319 g/mol. The van der Waals surface area contributed by atoms with Gasteiger partial charge in [-0.05, 0) is 25.3 Å². The number of carboxylic acids is 1. The van der Waals surface area contributed by atoms with Crippen molar-refractivity contribution in [3.05, 3.63) is 16.3 Å². The third-order valence-electron chi connectivity index (χ3n) is 3.41. The van der Waals surface area contributed by atoms with Gasteiger partial charge in [-0.3, -0.25) is 0 Å². The Bertz CT molecular complexity index is 576. The van der Waals surface area contributed by atoms with E-state index < -0.39 is 16.0 Å². The van der Waals surface area contributed by atoms with E-state index in [0.29, 0.717) is 6.42 Å². The number of carbonyl (C=O) groups is 1. The van der Waals surface area contributed by atoms with Gasteiger partial charge in [0.05, 0.1) is 4.90 Å². The van der Waals surface area contributed by atoms with Crippen LogP contribution in [0.25, 0.3) is 0 Å². The van der Waals surface area contributed by atoms with Crippen molar-refractivity contribution in [2.24, 2.45) is 0 Å². The number of carboxylic acid groups (broad SMARTS) is 1. The van der Waals surface area contributed by atoms with Crippen molar-refractivity contribution in [2.45, 2.75) is 36.6 Å². The Balaban J connectivity index is 2.26. The van der Waals surface area contributed by atoms with E-state index >= 15 is 0 Å². The van der Waals surface area contributed by atoms with Gasteiger partial charge in [-0.15, -0.1) is 11.3 Å². The van der Waals surface area contributed by atoms with E-state index in [0.717, 1.165) is 30.6 Å². The molecule has 0 atom stereocenters. The number of hydrogen-bond acceptors (Lipinski definition) is 5. The Morgan fingerprint density at radius 2 is 2.15 bits per heavy atom. The van der Waals surface area contributed by atoms with Crippen LogP contribution in [0.5, 0.6) is 0 Å². The summed E-state index contributed by atoms with van der Waals surface area (Å²) in [6, 6.07) is 1.17. The minimum atomic E-state index is -3.68. The third-order valence-corrected chi connectivity index (χ3v) is 6.41. The maximum atomic E-state index is 12.6. The van der Waals surface area contributed by atoms with Crippen molar-refractivity contribution in [3.63, 3.8) is 0 Å². The lowest BCUT2D eigenvalue weighted by Crippen LogP contribution is -2.44. The number of aromatic carboxylic acids is 1. The highest BCUT2D eigenvalue weighted by Gasteiger charge is 2.35. The molecule has 1 saturated carbocycles. The molecule has 0 spiro atoms. The van der Waals surface area contributed by atoms with Gasteiger partial charge in [0.2, 0.25) is 10.0 Å². The van der Waals surface area contributed by atoms with Gasteiger partial charge in [-0.25, -0.2) is 13.2 Å². The van der Waals surface area contributed by atoms with Crippen molar-refractivity contribution < 1.29 is 23.4 Å². The van der Waals surface area contributed by atoms with Gasteiger partial charge in [-0.2, -0.15) is 4.31 Å². The van der Waals surface area contributed by atoms with Crippen LogP contribution in [0, 0.1) is 0 Å². The van der Waals surface area contributed by atoms with Crippen LogP contribution in [0.2, 0.25) is 0 Å². The molecule has 0 radical (unpaired) electrons. The molecule has 1 fully saturated rings. The first-order valence-electron chi connectivity index (χ1n) is 6.41. The number of aliphatic hydroxyl groups is 1. The highest BCUT2D eigenvalue weighted by Crippen LogP contribution is 2.31. The predicted octanol–water partition coefficient (Wildman–Crippen LogP) is 1.37. The fourth-order valence-corrected chi connectivity index (χ4v) is 4.92. The molecule has 0 unspecified atom stereocenters. The molecule has 2 rings (SSSR count). The van der Waals surface area contributed by atoms with Crippen LogP contribution in [0.1, 0.15) is 35.4 Å². The molecule has 2 N–H and O–H groups in total. The molecular formula is C12H17NO5S2.